The van der Waals surface area contributed by atoms with E-state index in [9.17, 15) is 14.0 Å². The number of benzene rings is 1. The summed E-state index contributed by atoms with van der Waals surface area (Å²) in [7, 11) is 1.66. The van der Waals surface area contributed by atoms with Gasteiger partial charge in [-0.3, -0.25) is 9.69 Å². The number of likely N-dealkylation sites (N-methyl/N-ethyl adjacent to an activating group) is 1. The zero-order valence-corrected chi connectivity index (χ0v) is 12.8. The highest BCUT2D eigenvalue weighted by molar-refractivity contribution is 6.04. The molecule has 2 aliphatic heterocycles. The number of anilines is 1. The average Bonchev–Trinajstić information content (AvgIpc) is 2.71. The number of amides is 3. The quantitative estimate of drug-likeness (QED) is 0.786. The lowest BCUT2D eigenvalue weighted by atomic mass is 10.0. The van der Waals surface area contributed by atoms with Gasteiger partial charge in [0.2, 0.25) is 0 Å². The van der Waals surface area contributed by atoms with Crippen LogP contribution in [0.4, 0.5) is 14.9 Å². The van der Waals surface area contributed by atoms with Crippen LogP contribution in [0, 0.1) is 5.82 Å². The Morgan fingerprint density at radius 1 is 1.18 bits per heavy atom. The van der Waals surface area contributed by atoms with Crippen LogP contribution in [-0.2, 0) is 4.79 Å². The smallest absolute Gasteiger partial charge is 0.327 e. The molecular weight excluding hydrogens is 285 g/mol. The van der Waals surface area contributed by atoms with E-state index in [-0.39, 0.29) is 29.8 Å². The molecule has 2 heterocycles. The summed E-state index contributed by atoms with van der Waals surface area (Å²) in [5.41, 5.74) is 0.850. The normalized spacial score (nSPS) is 23.6. The van der Waals surface area contributed by atoms with Crippen LogP contribution in [0.3, 0.4) is 0 Å². The van der Waals surface area contributed by atoms with E-state index >= 15 is 0 Å². The number of imide groups is 1. The molecule has 1 unspecified atom stereocenters. The molecule has 22 heavy (non-hydrogen) atoms. The standard InChI is InChI=1S/C16H20FN3O2/c1-11-15(21)20(16(22)18(11)2)13-6-8-19(9-7-13)14-5-3-4-12(17)10-14/h3-5,10-11,13H,6-9H2,1-2H3. The number of carbonyl (C=O) groups excluding carboxylic acids is 2. The van der Waals surface area contributed by atoms with E-state index in [0.29, 0.717) is 25.9 Å². The minimum absolute atomic E-state index is 0.0581. The Kier molecular flexibility index (Phi) is 3.76. The van der Waals surface area contributed by atoms with Crippen LogP contribution in [-0.4, -0.2) is 54.0 Å². The predicted molar refractivity (Wildman–Crippen MR) is 81.1 cm³/mol. The van der Waals surface area contributed by atoms with E-state index in [0.717, 1.165) is 5.69 Å². The van der Waals surface area contributed by atoms with Gasteiger partial charge in [0.15, 0.2) is 0 Å². The molecule has 0 N–H and O–H groups in total. The molecule has 2 saturated heterocycles. The number of carbonyl (C=O) groups is 2. The highest BCUT2D eigenvalue weighted by atomic mass is 19.1. The monoisotopic (exact) mass is 305 g/mol. The van der Waals surface area contributed by atoms with Crippen LogP contribution in [0.5, 0.6) is 0 Å². The molecule has 1 aromatic rings. The summed E-state index contributed by atoms with van der Waals surface area (Å²) < 4.78 is 13.3. The fraction of sp³-hybridized carbons (Fsp3) is 0.500. The van der Waals surface area contributed by atoms with Crippen molar-refractivity contribution in [1.29, 1.82) is 0 Å². The lowest BCUT2D eigenvalue weighted by Gasteiger charge is -2.36. The third-order valence-electron chi connectivity index (χ3n) is 4.69. The van der Waals surface area contributed by atoms with Gasteiger partial charge in [0.25, 0.3) is 5.91 Å². The van der Waals surface area contributed by atoms with Gasteiger partial charge in [-0.05, 0) is 38.0 Å². The fourth-order valence-electron chi connectivity index (χ4n) is 3.19. The molecule has 1 atom stereocenters. The molecule has 118 valence electrons. The zero-order valence-electron chi connectivity index (χ0n) is 12.8. The molecule has 2 fully saturated rings. The predicted octanol–water partition coefficient (Wildman–Crippen LogP) is 2.08. The van der Waals surface area contributed by atoms with E-state index in [2.05, 4.69) is 4.90 Å². The minimum Gasteiger partial charge on any atom is -0.371 e. The topological polar surface area (TPSA) is 43.9 Å². The maximum Gasteiger partial charge on any atom is 0.327 e. The van der Waals surface area contributed by atoms with Gasteiger partial charge >= 0.3 is 6.03 Å². The van der Waals surface area contributed by atoms with Crippen molar-refractivity contribution in [2.24, 2.45) is 0 Å². The van der Waals surface area contributed by atoms with Crippen LogP contribution in [0.2, 0.25) is 0 Å². The largest absolute Gasteiger partial charge is 0.371 e. The summed E-state index contributed by atoms with van der Waals surface area (Å²) in [5.74, 6) is -0.364. The summed E-state index contributed by atoms with van der Waals surface area (Å²) in [6.07, 6.45) is 1.43. The fourth-order valence-corrected chi connectivity index (χ4v) is 3.19. The van der Waals surface area contributed by atoms with Gasteiger partial charge in [0.1, 0.15) is 11.9 Å². The molecular formula is C16H20FN3O2. The van der Waals surface area contributed by atoms with Gasteiger partial charge in [0.05, 0.1) is 0 Å². The molecule has 3 amide bonds. The zero-order chi connectivity index (χ0) is 15.9. The Bertz CT molecular complexity index is 579. The van der Waals surface area contributed by atoms with Crippen molar-refractivity contribution in [2.75, 3.05) is 25.0 Å². The molecule has 0 aliphatic carbocycles. The summed E-state index contributed by atoms with van der Waals surface area (Å²) >= 11 is 0. The van der Waals surface area contributed by atoms with Crippen molar-refractivity contribution in [2.45, 2.75) is 31.8 Å². The number of piperidine rings is 1. The summed E-state index contributed by atoms with van der Waals surface area (Å²) in [5, 5.41) is 0. The van der Waals surface area contributed by atoms with Crippen molar-refractivity contribution in [3.63, 3.8) is 0 Å². The summed E-state index contributed by atoms with van der Waals surface area (Å²) in [6, 6.07) is 5.87. The highest BCUT2D eigenvalue weighted by Gasteiger charge is 2.44. The summed E-state index contributed by atoms with van der Waals surface area (Å²) in [6.45, 7) is 3.18. The van der Waals surface area contributed by atoms with Crippen molar-refractivity contribution in [3.05, 3.63) is 30.1 Å². The van der Waals surface area contributed by atoms with E-state index in [1.54, 1.807) is 20.0 Å². The lowest BCUT2D eigenvalue weighted by Crippen LogP contribution is -2.48. The Hall–Kier alpha value is -2.11. The molecule has 0 aromatic heterocycles. The second-order valence-electron chi connectivity index (χ2n) is 5.98. The van der Waals surface area contributed by atoms with Gasteiger partial charge in [-0.1, -0.05) is 6.07 Å². The first-order valence-electron chi connectivity index (χ1n) is 7.59. The van der Waals surface area contributed by atoms with Crippen molar-refractivity contribution >= 4 is 17.6 Å². The molecule has 0 bridgehead atoms. The molecule has 3 rings (SSSR count). The van der Waals surface area contributed by atoms with Crippen molar-refractivity contribution in [3.8, 4) is 0 Å². The highest BCUT2D eigenvalue weighted by Crippen LogP contribution is 2.27. The van der Waals surface area contributed by atoms with Crippen LogP contribution >= 0.6 is 0 Å². The maximum absolute atomic E-state index is 13.3. The van der Waals surface area contributed by atoms with Crippen molar-refractivity contribution < 1.29 is 14.0 Å². The number of halogens is 1. The average molecular weight is 305 g/mol. The first-order valence-corrected chi connectivity index (χ1v) is 7.59. The van der Waals surface area contributed by atoms with Gasteiger partial charge in [-0.2, -0.15) is 0 Å². The number of hydrogen-bond donors (Lipinski definition) is 0. The SMILES string of the molecule is CC1C(=O)N(C2CCN(c3cccc(F)c3)CC2)C(=O)N1C. The molecule has 0 radical (unpaired) electrons. The molecule has 6 heteroatoms. The van der Waals surface area contributed by atoms with Crippen LogP contribution in [0.1, 0.15) is 19.8 Å². The molecule has 0 saturated carbocycles. The second-order valence-corrected chi connectivity index (χ2v) is 5.98. The third kappa shape index (κ3) is 2.42. The number of rotatable bonds is 2. The Labute approximate surface area is 129 Å². The van der Waals surface area contributed by atoms with Crippen molar-refractivity contribution in [1.82, 2.24) is 9.80 Å². The number of hydrogen-bond acceptors (Lipinski definition) is 3. The van der Waals surface area contributed by atoms with E-state index in [4.69, 9.17) is 0 Å². The van der Waals surface area contributed by atoms with E-state index in [1.807, 2.05) is 6.07 Å². The first kappa shape index (κ1) is 14.8. The Balaban J connectivity index is 1.67. The number of urea groups is 1. The number of nitrogens with zero attached hydrogens (tertiary/aromatic N) is 3. The van der Waals surface area contributed by atoms with Gasteiger partial charge in [-0.25, -0.2) is 9.18 Å². The van der Waals surface area contributed by atoms with Crippen LogP contribution in [0.15, 0.2) is 24.3 Å². The van der Waals surface area contributed by atoms with Gasteiger partial charge in [-0.15, -0.1) is 0 Å². The first-order chi connectivity index (χ1) is 10.5. The molecule has 1 aromatic carbocycles. The Morgan fingerprint density at radius 3 is 2.41 bits per heavy atom. The van der Waals surface area contributed by atoms with E-state index in [1.165, 1.54) is 21.9 Å². The molecule has 0 spiro atoms. The van der Waals surface area contributed by atoms with Gasteiger partial charge < -0.3 is 9.80 Å². The van der Waals surface area contributed by atoms with Crippen LogP contribution in [0.25, 0.3) is 0 Å². The Morgan fingerprint density at radius 2 is 1.86 bits per heavy atom. The summed E-state index contributed by atoms with van der Waals surface area (Å²) in [4.78, 5) is 29.4. The third-order valence-corrected chi connectivity index (χ3v) is 4.69. The minimum atomic E-state index is -0.381. The maximum atomic E-state index is 13.3. The molecule has 5 nitrogen and oxygen atoms in total. The second kappa shape index (κ2) is 5.59. The molecule has 2 aliphatic rings. The lowest BCUT2D eigenvalue weighted by molar-refractivity contribution is -0.129. The van der Waals surface area contributed by atoms with Crippen LogP contribution < -0.4 is 4.90 Å². The van der Waals surface area contributed by atoms with E-state index < -0.39 is 0 Å². The van der Waals surface area contributed by atoms with Gasteiger partial charge in [0, 0.05) is 31.9 Å².